The van der Waals surface area contributed by atoms with Gasteiger partial charge in [-0.15, -0.1) is 0 Å². The number of hydrogen-bond donors (Lipinski definition) is 0. The lowest BCUT2D eigenvalue weighted by Gasteiger charge is -2.08. The van der Waals surface area contributed by atoms with Gasteiger partial charge in [0.25, 0.3) is 0 Å². The Kier molecular flexibility index (Phi) is 4.86. The van der Waals surface area contributed by atoms with Gasteiger partial charge in [0, 0.05) is 9.45 Å². The molecular weight excluding hydrogens is 418 g/mol. The Labute approximate surface area is 107 Å². The normalized spacial score (nSPS) is 10.8. The van der Waals surface area contributed by atoms with E-state index in [1.165, 1.54) is 11.1 Å². The monoisotopic (exact) mass is 422 g/mol. The largest absolute Gasteiger partial charge is 0.0949 e. The van der Waals surface area contributed by atoms with E-state index in [1.807, 2.05) is 12.1 Å². The van der Waals surface area contributed by atoms with E-state index < -0.39 is 0 Å². The van der Waals surface area contributed by atoms with Crippen molar-refractivity contribution in [3.63, 3.8) is 0 Å². The van der Waals surface area contributed by atoms with Crippen molar-refractivity contribution in [3.05, 3.63) is 34.3 Å². The summed E-state index contributed by atoms with van der Waals surface area (Å²) in [6.07, 6.45) is 0. The molecule has 66 valence electrons. The highest BCUT2D eigenvalue weighted by atomic mass is 127. The highest BCUT2D eigenvalue weighted by Crippen LogP contribution is 2.34. The van der Waals surface area contributed by atoms with Crippen molar-refractivity contribution in [2.24, 2.45) is 0 Å². The second-order valence-electron chi connectivity index (χ2n) is 2.28. The van der Waals surface area contributed by atoms with Crippen LogP contribution in [0, 0.1) is 0 Å². The minimum absolute atomic E-state index is 0.188. The highest BCUT2D eigenvalue weighted by Gasteiger charge is 2.08. The molecule has 1 aromatic carbocycles. The number of alkyl halides is 3. The van der Waals surface area contributed by atoms with Gasteiger partial charge in [0.2, 0.25) is 0 Å². The van der Waals surface area contributed by atoms with Gasteiger partial charge in [0.15, 0.2) is 0 Å². The van der Waals surface area contributed by atoms with Gasteiger partial charge in [0.05, 0.1) is 3.74 Å². The predicted molar refractivity (Wildman–Crippen MR) is 69.8 cm³/mol. The van der Waals surface area contributed by atoms with Crippen molar-refractivity contribution >= 4 is 66.1 Å². The van der Waals surface area contributed by atoms with Crippen molar-refractivity contribution < 1.29 is 0 Å². The third-order valence-electron chi connectivity index (χ3n) is 1.49. The van der Waals surface area contributed by atoms with Crippen LogP contribution in [0.25, 0.3) is 0 Å². The molecule has 0 saturated heterocycles. The molecule has 0 radical (unpaired) electrons. The maximum absolute atomic E-state index is 5.87. The van der Waals surface area contributed by atoms with Crippen LogP contribution < -0.4 is 0 Å². The highest BCUT2D eigenvalue weighted by molar-refractivity contribution is 14.1. The summed E-state index contributed by atoms with van der Waals surface area (Å²) >= 11 is 15.1. The number of halogens is 4. The fourth-order valence-electron chi connectivity index (χ4n) is 0.891. The molecule has 4 heteroatoms. The zero-order valence-electron chi connectivity index (χ0n) is 6.03. The van der Waals surface area contributed by atoms with E-state index >= 15 is 0 Å². The summed E-state index contributed by atoms with van der Waals surface area (Å²) in [5, 5.41) is 0.780. The molecule has 0 fully saturated rings. The Hall–Kier alpha value is 1.20. The molecule has 0 aliphatic carbocycles. The first-order chi connectivity index (χ1) is 5.65. The van der Waals surface area contributed by atoms with Crippen LogP contribution in [-0.4, -0.2) is 0 Å². The molecule has 0 bridgehead atoms. The van der Waals surface area contributed by atoms with Gasteiger partial charge in [-0.25, -0.2) is 0 Å². The van der Waals surface area contributed by atoms with E-state index in [4.69, 9.17) is 11.6 Å². The number of rotatable bonds is 2. The molecule has 0 saturated carbocycles. The average molecular weight is 424 g/mol. The van der Waals surface area contributed by atoms with Crippen molar-refractivity contribution in [3.8, 4) is 0 Å². The summed E-state index contributed by atoms with van der Waals surface area (Å²) in [5.74, 6) is 0. The van der Waals surface area contributed by atoms with Crippen LogP contribution in [0.15, 0.2) is 18.2 Å². The quantitative estimate of drug-likeness (QED) is 0.460. The molecule has 1 aromatic rings. The van der Waals surface area contributed by atoms with Crippen LogP contribution in [0.1, 0.15) is 14.9 Å². The van der Waals surface area contributed by atoms with Crippen LogP contribution in [0.5, 0.6) is 0 Å². The Balaban J connectivity index is 3.12. The summed E-state index contributed by atoms with van der Waals surface area (Å²) in [5.41, 5.74) is 2.51. The number of hydrogen-bond acceptors (Lipinski definition) is 0. The van der Waals surface area contributed by atoms with E-state index in [1.54, 1.807) is 0 Å². The second kappa shape index (κ2) is 5.17. The minimum atomic E-state index is 0.188. The molecular formula is C8H6Br2ClI. The SMILES string of the molecule is Clc1ccc(CI)c(C(Br)Br)c1. The molecule has 0 heterocycles. The van der Waals surface area contributed by atoms with Gasteiger partial charge in [-0.1, -0.05) is 72.1 Å². The first kappa shape index (κ1) is 11.3. The summed E-state index contributed by atoms with van der Waals surface area (Å²) in [7, 11) is 0. The zero-order chi connectivity index (χ0) is 9.14. The summed E-state index contributed by atoms with van der Waals surface area (Å²) in [6.45, 7) is 0. The Morgan fingerprint density at radius 3 is 2.58 bits per heavy atom. The molecule has 0 aliphatic heterocycles. The van der Waals surface area contributed by atoms with Crippen molar-refractivity contribution in [2.45, 2.75) is 8.16 Å². The summed E-state index contributed by atoms with van der Waals surface area (Å²) < 4.78 is 1.19. The van der Waals surface area contributed by atoms with Gasteiger partial charge in [-0.05, 0) is 23.3 Å². The lowest BCUT2D eigenvalue weighted by Crippen LogP contribution is -1.88. The molecule has 12 heavy (non-hydrogen) atoms. The number of benzene rings is 1. The lowest BCUT2D eigenvalue weighted by atomic mass is 10.1. The topological polar surface area (TPSA) is 0 Å². The van der Waals surface area contributed by atoms with Crippen LogP contribution in [-0.2, 0) is 4.43 Å². The predicted octanol–water partition coefficient (Wildman–Crippen LogP) is 5.06. The van der Waals surface area contributed by atoms with E-state index in [9.17, 15) is 0 Å². The molecule has 0 aromatic heterocycles. The molecule has 0 amide bonds. The summed E-state index contributed by atoms with van der Waals surface area (Å²) in [6, 6.07) is 5.95. The van der Waals surface area contributed by atoms with Crippen LogP contribution in [0.2, 0.25) is 5.02 Å². The van der Waals surface area contributed by atoms with E-state index in [-0.39, 0.29) is 3.74 Å². The molecule has 0 N–H and O–H groups in total. The van der Waals surface area contributed by atoms with Crippen LogP contribution >= 0.6 is 66.1 Å². The van der Waals surface area contributed by atoms with Crippen LogP contribution in [0.4, 0.5) is 0 Å². The van der Waals surface area contributed by atoms with E-state index in [2.05, 4.69) is 60.5 Å². The first-order valence-electron chi connectivity index (χ1n) is 3.27. The van der Waals surface area contributed by atoms with Gasteiger partial charge in [0.1, 0.15) is 0 Å². The third-order valence-corrected chi connectivity index (χ3v) is 3.53. The molecule has 0 atom stereocenters. The summed E-state index contributed by atoms with van der Waals surface area (Å²) in [4.78, 5) is 0. The molecule has 0 aliphatic rings. The lowest BCUT2D eigenvalue weighted by molar-refractivity contribution is 1.30. The Bertz CT molecular complexity index is 276. The molecule has 0 nitrogen and oxygen atoms in total. The van der Waals surface area contributed by atoms with Gasteiger partial charge < -0.3 is 0 Å². The van der Waals surface area contributed by atoms with Crippen LogP contribution in [0.3, 0.4) is 0 Å². The minimum Gasteiger partial charge on any atom is -0.0843 e. The molecule has 1 rings (SSSR count). The second-order valence-corrected chi connectivity index (χ2v) is 6.54. The van der Waals surface area contributed by atoms with Gasteiger partial charge in [-0.3, -0.25) is 0 Å². The Morgan fingerprint density at radius 2 is 2.08 bits per heavy atom. The third kappa shape index (κ3) is 2.86. The molecule has 0 spiro atoms. The van der Waals surface area contributed by atoms with E-state index in [0.717, 1.165) is 9.45 Å². The van der Waals surface area contributed by atoms with E-state index in [0.29, 0.717) is 0 Å². The van der Waals surface area contributed by atoms with Crippen molar-refractivity contribution in [1.82, 2.24) is 0 Å². The van der Waals surface area contributed by atoms with Crippen molar-refractivity contribution in [2.75, 3.05) is 0 Å². The fraction of sp³-hybridized carbons (Fsp3) is 0.250. The van der Waals surface area contributed by atoms with Gasteiger partial charge in [-0.2, -0.15) is 0 Å². The standard InChI is InChI=1S/C8H6Br2ClI/c9-8(10)7-3-6(11)2-1-5(7)4-12/h1-3,8H,4H2. The van der Waals surface area contributed by atoms with Crippen molar-refractivity contribution in [1.29, 1.82) is 0 Å². The Morgan fingerprint density at radius 1 is 1.42 bits per heavy atom. The average Bonchev–Trinajstić information content (AvgIpc) is 2.04. The smallest absolute Gasteiger partial charge is 0.0843 e. The maximum Gasteiger partial charge on any atom is 0.0949 e. The zero-order valence-corrected chi connectivity index (χ0v) is 12.1. The maximum atomic E-state index is 5.87. The fourth-order valence-corrected chi connectivity index (χ4v) is 2.62. The molecule has 0 unspecified atom stereocenters. The van der Waals surface area contributed by atoms with Gasteiger partial charge >= 0.3 is 0 Å². The first-order valence-corrected chi connectivity index (χ1v) is 7.01.